The fraction of sp³-hybridized carbons (Fsp3) is 0.818. The van der Waals surface area contributed by atoms with Crippen molar-refractivity contribution >= 4 is 0 Å². The maximum Gasteiger partial charge on any atom is 0.0136 e. The van der Waals surface area contributed by atoms with Crippen LogP contribution in [0.25, 0.3) is 0 Å². The van der Waals surface area contributed by atoms with E-state index in [4.69, 9.17) is 5.73 Å². The molecule has 0 radical (unpaired) electrons. The van der Waals surface area contributed by atoms with Gasteiger partial charge in [-0.15, -0.1) is 6.58 Å². The van der Waals surface area contributed by atoms with Crippen molar-refractivity contribution in [2.24, 2.45) is 17.1 Å². The summed E-state index contributed by atoms with van der Waals surface area (Å²) < 4.78 is 0. The van der Waals surface area contributed by atoms with Crippen LogP contribution in [0.15, 0.2) is 12.7 Å². The average Bonchev–Trinajstić information content (AvgIpc) is 1.80. The lowest BCUT2D eigenvalue weighted by molar-refractivity contribution is 0.131. The van der Waals surface area contributed by atoms with Crippen molar-refractivity contribution in [2.45, 2.75) is 45.6 Å². The Labute approximate surface area is 76.0 Å². The van der Waals surface area contributed by atoms with Gasteiger partial charge in [-0.3, -0.25) is 0 Å². The molecule has 1 aliphatic carbocycles. The van der Waals surface area contributed by atoms with Gasteiger partial charge in [-0.05, 0) is 37.5 Å². The Hall–Kier alpha value is -0.300. The second kappa shape index (κ2) is 2.88. The zero-order valence-corrected chi connectivity index (χ0v) is 8.56. The molecule has 1 fully saturated rings. The molecule has 1 rings (SSSR count). The van der Waals surface area contributed by atoms with Crippen LogP contribution in [0.2, 0.25) is 0 Å². The normalized spacial score (nSPS) is 40.8. The van der Waals surface area contributed by atoms with Gasteiger partial charge in [0.2, 0.25) is 0 Å². The fourth-order valence-corrected chi connectivity index (χ4v) is 2.79. The first-order valence-electron chi connectivity index (χ1n) is 4.76. The molecular formula is C11H21N. The summed E-state index contributed by atoms with van der Waals surface area (Å²) in [5.41, 5.74) is 6.58. The highest BCUT2D eigenvalue weighted by Crippen LogP contribution is 2.42. The van der Waals surface area contributed by atoms with E-state index < -0.39 is 0 Å². The monoisotopic (exact) mass is 167 g/mol. The van der Waals surface area contributed by atoms with Crippen LogP contribution in [0.3, 0.4) is 0 Å². The molecule has 0 saturated heterocycles. The smallest absolute Gasteiger partial charge is 0.0136 e. The topological polar surface area (TPSA) is 26.0 Å². The van der Waals surface area contributed by atoms with E-state index >= 15 is 0 Å². The van der Waals surface area contributed by atoms with Crippen molar-refractivity contribution in [3.05, 3.63) is 12.7 Å². The third-order valence-corrected chi connectivity index (χ3v) is 2.76. The molecular weight excluding hydrogens is 146 g/mol. The van der Waals surface area contributed by atoms with Crippen molar-refractivity contribution in [1.29, 1.82) is 0 Å². The SMILES string of the molecule is C=CC1CC(C)(C)CC(C)(N)C1. The van der Waals surface area contributed by atoms with Crippen LogP contribution >= 0.6 is 0 Å². The predicted octanol–water partition coefficient (Wildman–Crippen LogP) is 2.72. The van der Waals surface area contributed by atoms with E-state index in [1.807, 2.05) is 0 Å². The van der Waals surface area contributed by atoms with Gasteiger partial charge in [0, 0.05) is 5.54 Å². The highest BCUT2D eigenvalue weighted by molar-refractivity contribution is 4.99. The summed E-state index contributed by atoms with van der Waals surface area (Å²) in [7, 11) is 0. The average molecular weight is 167 g/mol. The zero-order valence-electron chi connectivity index (χ0n) is 8.56. The first-order valence-corrected chi connectivity index (χ1v) is 4.76. The largest absolute Gasteiger partial charge is 0.325 e. The molecule has 2 unspecified atom stereocenters. The first-order chi connectivity index (χ1) is 5.35. The highest BCUT2D eigenvalue weighted by Gasteiger charge is 2.37. The second-order valence-corrected chi connectivity index (χ2v) is 5.40. The van der Waals surface area contributed by atoms with Gasteiger partial charge in [0.1, 0.15) is 0 Å². The Kier molecular flexibility index (Phi) is 2.35. The van der Waals surface area contributed by atoms with Crippen LogP contribution in [0, 0.1) is 11.3 Å². The lowest BCUT2D eigenvalue weighted by Gasteiger charge is -2.43. The number of hydrogen-bond acceptors (Lipinski definition) is 1. The summed E-state index contributed by atoms with van der Waals surface area (Å²) >= 11 is 0. The molecule has 70 valence electrons. The van der Waals surface area contributed by atoms with Gasteiger partial charge >= 0.3 is 0 Å². The molecule has 0 amide bonds. The molecule has 2 atom stereocenters. The van der Waals surface area contributed by atoms with Crippen LogP contribution in [0.4, 0.5) is 0 Å². The van der Waals surface area contributed by atoms with Gasteiger partial charge in [0.05, 0.1) is 0 Å². The molecule has 12 heavy (non-hydrogen) atoms. The second-order valence-electron chi connectivity index (χ2n) is 5.40. The van der Waals surface area contributed by atoms with Gasteiger partial charge in [0.15, 0.2) is 0 Å². The molecule has 0 bridgehead atoms. The summed E-state index contributed by atoms with van der Waals surface area (Å²) in [6, 6.07) is 0. The highest BCUT2D eigenvalue weighted by atomic mass is 14.7. The maximum absolute atomic E-state index is 6.17. The minimum atomic E-state index is 0.0145. The lowest BCUT2D eigenvalue weighted by atomic mass is 9.65. The Balaban J connectivity index is 2.72. The van der Waals surface area contributed by atoms with E-state index in [1.165, 1.54) is 6.42 Å². The van der Waals surface area contributed by atoms with Crippen molar-refractivity contribution in [1.82, 2.24) is 0 Å². The Morgan fingerprint density at radius 2 is 1.92 bits per heavy atom. The zero-order chi connectivity index (χ0) is 9.41. The molecule has 1 nitrogen and oxygen atoms in total. The lowest BCUT2D eigenvalue weighted by Crippen LogP contribution is -2.46. The van der Waals surface area contributed by atoms with Crippen LogP contribution < -0.4 is 5.73 Å². The van der Waals surface area contributed by atoms with E-state index in [-0.39, 0.29) is 5.54 Å². The fourth-order valence-electron chi connectivity index (χ4n) is 2.79. The number of hydrogen-bond donors (Lipinski definition) is 1. The van der Waals surface area contributed by atoms with Crippen molar-refractivity contribution in [3.8, 4) is 0 Å². The molecule has 0 spiro atoms. The Bertz CT molecular complexity index is 163. The molecule has 0 aliphatic heterocycles. The van der Waals surface area contributed by atoms with Gasteiger partial charge in [-0.25, -0.2) is 0 Å². The minimum absolute atomic E-state index is 0.0145. The van der Waals surface area contributed by atoms with Gasteiger partial charge in [0.25, 0.3) is 0 Å². The summed E-state index contributed by atoms with van der Waals surface area (Å²) in [5.74, 6) is 0.615. The standard InChI is InChI=1S/C11H21N/c1-5-9-6-10(2,3)8-11(4,12)7-9/h5,9H,1,6-8,12H2,2-4H3. The van der Waals surface area contributed by atoms with Crippen LogP contribution in [-0.4, -0.2) is 5.54 Å². The quantitative estimate of drug-likeness (QED) is 0.597. The molecule has 0 aromatic rings. The molecule has 0 aromatic carbocycles. The molecule has 1 aliphatic rings. The van der Waals surface area contributed by atoms with Crippen molar-refractivity contribution < 1.29 is 0 Å². The summed E-state index contributed by atoms with van der Waals surface area (Å²) in [5, 5.41) is 0. The van der Waals surface area contributed by atoms with Crippen molar-refractivity contribution in [2.75, 3.05) is 0 Å². The third-order valence-electron chi connectivity index (χ3n) is 2.76. The number of rotatable bonds is 1. The van der Waals surface area contributed by atoms with Crippen LogP contribution in [0.1, 0.15) is 40.0 Å². The van der Waals surface area contributed by atoms with Crippen LogP contribution in [0.5, 0.6) is 0 Å². The maximum atomic E-state index is 6.17. The molecule has 1 saturated carbocycles. The molecule has 0 aromatic heterocycles. The summed E-state index contributed by atoms with van der Waals surface area (Å²) in [6.07, 6.45) is 5.53. The summed E-state index contributed by atoms with van der Waals surface area (Å²) in [4.78, 5) is 0. The molecule has 1 heteroatoms. The Morgan fingerprint density at radius 3 is 2.33 bits per heavy atom. The third kappa shape index (κ3) is 2.34. The molecule has 0 heterocycles. The summed E-state index contributed by atoms with van der Waals surface area (Å²) in [6.45, 7) is 10.6. The van der Waals surface area contributed by atoms with Crippen LogP contribution in [-0.2, 0) is 0 Å². The number of allylic oxidation sites excluding steroid dienone is 1. The predicted molar refractivity (Wildman–Crippen MR) is 53.9 cm³/mol. The number of nitrogens with two attached hydrogens (primary N) is 1. The first kappa shape index (κ1) is 9.79. The minimum Gasteiger partial charge on any atom is -0.325 e. The van der Waals surface area contributed by atoms with E-state index in [1.54, 1.807) is 0 Å². The Morgan fingerprint density at radius 1 is 1.33 bits per heavy atom. The van der Waals surface area contributed by atoms with E-state index in [9.17, 15) is 0 Å². The molecule has 2 N–H and O–H groups in total. The van der Waals surface area contributed by atoms with E-state index in [0.717, 1.165) is 12.8 Å². The van der Waals surface area contributed by atoms with Gasteiger partial charge in [-0.1, -0.05) is 19.9 Å². The van der Waals surface area contributed by atoms with Gasteiger partial charge < -0.3 is 5.73 Å². The van der Waals surface area contributed by atoms with Crippen molar-refractivity contribution in [3.63, 3.8) is 0 Å². The van der Waals surface area contributed by atoms with E-state index in [0.29, 0.717) is 11.3 Å². The van der Waals surface area contributed by atoms with E-state index in [2.05, 4.69) is 33.4 Å². The van der Waals surface area contributed by atoms with Gasteiger partial charge in [-0.2, -0.15) is 0 Å².